The van der Waals surface area contributed by atoms with E-state index in [2.05, 4.69) is 29.4 Å². The van der Waals surface area contributed by atoms with Crippen LogP contribution in [0.2, 0.25) is 0 Å². The molecule has 1 aliphatic carbocycles. The lowest BCUT2D eigenvalue weighted by Crippen LogP contribution is -2.29. The van der Waals surface area contributed by atoms with Gasteiger partial charge in [0.25, 0.3) is 5.91 Å². The Labute approximate surface area is 198 Å². The molecule has 9 heteroatoms. The summed E-state index contributed by atoms with van der Waals surface area (Å²) in [4.78, 5) is 24.8. The maximum Gasteiger partial charge on any atom is 0.254 e. The molecular weight excluding hydrogens is 432 g/mol. The van der Waals surface area contributed by atoms with Crippen LogP contribution in [0.1, 0.15) is 87.0 Å². The van der Waals surface area contributed by atoms with Crippen molar-refractivity contribution in [2.24, 2.45) is 11.1 Å². The van der Waals surface area contributed by atoms with E-state index in [0.717, 1.165) is 24.1 Å². The number of carbonyl (C=O) groups is 2. The molecule has 34 heavy (non-hydrogen) atoms. The zero-order valence-electron chi connectivity index (χ0n) is 20.3. The fourth-order valence-corrected chi connectivity index (χ4v) is 4.62. The van der Waals surface area contributed by atoms with E-state index in [1.807, 2.05) is 51.1 Å². The third kappa shape index (κ3) is 4.42. The fourth-order valence-electron chi connectivity index (χ4n) is 4.62. The second-order valence-corrected chi connectivity index (χ2v) is 10.2. The Bertz CT molecular complexity index is 1210. The van der Waals surface area contributed by atoms with Crippen LogP contribution < -0.4 is 16.8 Å². The summed E-state index contributed by atoms with van der Waals surface area (Å²) in [5.41, 5.74) is 15.0. The molecule has 0 bridgehead atoms. The first-order chi connectivity index (χ1) is 16.0. The van der Waals surface area contributed by atoms with Crippen molar-refractivity contribution in [3.63, 3.8) is 0 Å². The number of hydrogen-bond acceptors (Lipinski definition) is 6. The molecule has 1 unspecified atom stereocenters. The predicted molar refractivity (Wildman–Crippen MR) is 130 cm³/mol. The summed E-state index contributed by atoms with van der Waals surface area (Å²) >= 11 is 0. The SMILES string of the molecule is CC(C(=O)Nc1cc(C2CC(C)(C)C2)no1)c1ccc(-c2nn(C(C)C)c(N)c2C(N)=O)cc1. The quantitative estimate of drug-likeness (QED) is 0.472. The molecule has 0 saturated heterocycles. The molecule has 0 aliphatic heterocycles. The van der Waals surface area contributed by atoms with Crippen molar-refractivity contribution in [2.45, 2.75) is 65.3 Å². The number of aromatic nitrogens is 3. The van der Waals surface area contributed by atoms with Gasteiger partial charge in [0.15, 0.2) is 0 Å². The van der Waals surface area contributed by atoms with Crippen LogP contribution in [0.4, 0.5) is 11.7 Å². The van der Waals surface area contributed by atoms with Gasteiger partial charge in [-0.15, -0.1) is 0 Å². The van der Waals surface area contributed by atoms with E-state index in [0.29, 0.717) is 28.5 Å². The van der Waals surface area contributed by atoms with E-state index in [9.17, 15) is 9.59 Å². The summed E-state index contributed by atoms with van der Waals surface area (Å²) < 4.78 is 6.92. The van der Waals surface area contributed by atoms with Crippen LogP contribution in [-0.2, 0) is 4.79 Å². The lowest BCUT2D eigenvalue weighted by atomic mass is 9.63. The summed E-state index contributed by atoms with van der Waals surface area (Å²) in [6.45, 7) is 10.1. The van der Waals surface area contributed by atoms with Crippen LogP contribution in [0.25, 0.3) is 11.3 Å². The molecule has 9 nitrogen and oxygen atoms in total. The highest BCUT2D eigenvalue weighted by Gasteiger charge is 2.38. The lowest BCUT2D eigenvalue weighted by molar-refractivity contribution is -0.117. The predicted octanol–water partition coefficient (Wildman–Crippen LogP) is 4.45. The van der Waals surface area contributed by atoms with Gasteiger partial charge in [-0.3, -0.25) is 14.9 Å². The normalized spacial score (nSPS) is 16.3. The number of nitrogens with one attached hydrogen (secondary N) is 1. The van der Waals surface area contributed by atoms with Crippen LogP contribution in [-0.4, -0.2) is 26.8 Å². The first-order valence-corrected chi connectivity index (χ1v) is 11.5. The number of amides is 2. The Balaban J connectivity index is 1.47. The van der Waals surface area contributed by atoms with E-state index < -0.39 is 11.8 Å². The van der Waals surface area contributed by atoms with Gasteiger partial charge < -0.3 is 16.0 Å². The third-order valence-electron chi connectivity index (χ3n) is 6.55. The van der Waals surface area contributed by atoms with Gasteiger partial charge in [0, 0.05) is 23.6 Å². The minimum Gasteiger partial charge on any atom is -0.383 e. The van der Waals surface area contributed by atoms with Gasteiger partial charge in [0.1, 0.15) is 17.1 Å². The second-order valence-electron chi connectivity index (χ2n) is 10.2. The Morgan fingerprint density at radius 1 is 1.18 bits per heavy atom. The van der Waals surface area contributed by atoms with E-state index in [-0.39, 0.29) is 23.3 Å². The van der Waals surface area contributed by atoms with E-state index in [4.69, 9.17) is 16.0 Å². The zero-order chi connectivity index (χ0) is 24.8. The second kappa shape index (κ2) is 8.62. The van der Waals surface area contributed by atoms with Crippen LogP contribution in [0.5, 0.6) is 0 Å². The van der Waals surface area contributed by atoms with Gasteiger partial charge in [-0.25, -0.2) is 4.68 Å². The number of hydrogen-bond donors (Lipinski definition) is 3. The molecule has 1 aliphatic rings. The molecule has 5 N–H and O–H groups in total. The molecule has 180 valence electrons. The molecule has 1 fully saturated rings. The van der Waals surface area contributed by atoms with Crippen LogP contribution in [0.3, 0.4) is 0 Å². The average molecular weight is 465 g/mol. The Morgan fingerprint density at radius 2 is 1.82 bits per heavy atom. The largest absolute Gasteiger partial charge is 0.383 e. The first kappa shape index (κ1) is 23.5. The molecule has 3 aromatic rings. The maximum atomic E-state index is 12.8. The molecule has 0 spiro atoms. The van der Waals surface area contributed by atoms with Crippen LogP contribution >= 0.6 is 0 Å². The number of nitrogens with zero attached hydrogens (tertiary/aromatic N) is 3. The minimum atomic E-state index is -0.631. The van der Waals surface area contributed by atoms with Crippen molar-refractivity contribution in [3.05, 3.63) is 47.2 Å². The van der Waals surface area contributed by atoms with Crippen LogP contribution in [0, 0.1) is 5.41 Å². The van der Waals surface area contributed by atoms with Crippen molar-refractivity contribution in [1.29, 1.82) is 0 Å². The standard InChI is InChI=1S/C25H32N6O3/c1-13(2)31-22(26)20(23(27)32)21(29-31)16-8-6-15(7-9-16)14(3)24(33)28-19-10-18(30-34-19)17-11-25(4,5)12-17/h6-10,13-14,17H,11-12,26H2,1-5H3,(H2,27,32)(H,28,33). The number of primary amides is 1. The maximum absolute atomic E-state index is 12.8. The number of carbonyl (C=O) groups excluding carboxylic acids is 2. The summed E-state index contributed by atoms with van der Waals surface area (Å²) in [6.07, 6.45) is 2.13. The molecule has 2 heterocycles. The zero-order valence-corrected chi connectivity index (χ0v) is 20.3. The highest BCUT2D eigenvalue weighted by molar-refractivity contribution is 6.03. The molecule has 1 saturated carbocycles. The highest BCUT2D eigenvalue weighted by atomic mass is 16.5. The molecular formula is C25H32N6O3. The molecule has 2 aromatic heterocycles. The molecule has 4 rings (SSSR count). The fraction of sp³-hybridized carbons (Fsp3) is 0.440. The van der Waals surface area contributed by atoms with Crippen molar-refractivity contribution in [1.82, 2.24) is 14.9 Å². The monoisotopic (exact) mass is 464 g/mol. The van der Waals surface area contributed by atoms with Crippen molar-refractivity contribution >= 4 is 23.5 Å². The van der Waals surface area contributed by atoms with E-state index >= 15 is 0 Å². The molecule has 1 atom stereocenters. The number of anilines is 2. The summed E-state index contributed by atoms with van der Waals surface area (Å²) in [5.74, 6) is -0.282. The average Bonchev–Trinajstić information content (AvgIpc) is 3.35. The first-order valence-electron chi connectivity index (χ1n) is 11.5. The van der Waals surface area contributed by atoms with E-state index in [1.54, 1.807) is 4.68 Å². The Kier molecular flexibility index (Phi) is 5.97. The van der Waals surface area contributed by atoms with Gasteiger partial charge in [-0.2, -0.15) is 5.10 Å². The Hall–Kier alpha value is -3.62. The van der Waals surface area contributed by atoms with Gasteiger partial charge in [0.05, 0.1) is 11.6 Å². The topological polar surface area (TPSA) is 142 Å². The minimum absolute atomic E-state index is 0.0257. The molecule has 1 aromatic carbocycles. The third-order valence-corrected chi connectivity index (χ3v) is 6.55. The summed E-state index contributed by atoms with van der Waals surface area (Å²) in [6, 6.07) is 9.07. The van der Waals surface area contributed by atoms with Gasteiger partial charge in [0.2, 0.25) is 11.8 Å². The number of nitrogen functional groups attached to an aromatic ring is 1. The van der Waals surface area contributed by atoms with Crippen molar-refractivity contribution in [3.8, 4) is 11.3 Å². The number of rotatable bonds is 7. The van der Waals surface area contributed by atoms with Gasteiger partial charge >= 0.3 is 0 Å². The van der Waals surface area contributed by atoms with Gasteiger partial charge in [-0.1, -0.05) is 43.3 Å². The number of benzene rings is 1. The summed E-state index contributed by atoms with van der Waals surface area (Å²) in [5, 5.41) is 11.4. The molecule has 2 amide bonds. The highest BCUT2D eigenvalue weighted by Crippen LogP contribution is 2.50. The summed E-state index contributed by atoms with van der Waals surface area (Å²) in [7, 11) is 0. The van der Waals surface area contributed by atoms with E-state index in [1.165, 1.54) is 0 Å². The number of nitrogens with two attached hydrogens (primary N) is 2. The lowest BCUT2D eigenvalue weighted by Gasteiger charge is -2.41. The Morgan fingerprint density at radius 3 is 2.38 bits per heavy atom. The van der Waals surface area contributed by atoms with Crippen molar-refractivity contribution < 1.29 is 14.1 Å². The van der Waals surface area contributed by atoms with Crippen LogP contribution in [0.15, 0.2) is 34.9 Å². The molecule has 0 radical (unpaired) electrons. The smallest absolute Gasteiger partial charge is 0.254 e. The van der Waals surface area contributed by atoms with Crippen molar-refractivity contribution in [2.75, 3.05) is 11.1 Å². The van der Waals surface area contributed by atoms with Gasteiger partial charge in [-0.05, 0) is 44.6 Å².